The van der Waals surface area contributed by atoms with Crippen molar-refractivity contribution in [2.24, 2.45) is 5.92 Å². The molecule has 0 aliphatic rings. The van der Waals surface area contributed by atoms with Crippen molar-refractivity contribution in [3.05, 3.63) is 59.0 Å². The second kappa shape index (κ2) is 8.68. The maximum atomic E-state index is 13.8. The number of nitrogens with zero attached hydrogens (tertiary/aromatic N) is 1. The third-order valence-corrected chi connectivity index (χ3v) is 4.23. The van der Waals surface area contributed by atoms with E-state index in [1.165, 1.54) is 18.3 Å². The Balaban J connectivity index is 2.09. The molecule has 0 saturated heterocycles. The molecule has 9 heteroatoms. The Hall–Kier alpha value is -2.17. The molecular weight excluding hydrogens is 474 g/mol. The molecule has 0 fully saturated rings. The Morgan fingerprint density at radius 1 is 1.22 bits per heavy atom. The Bertz CT molecular complexity index is 854. The van der Waals surface area contributed by atoms with Crippen molar-refractivity contribution in [3.63, 3.8) is 0 Å². The first-order valence-electron chi connectivity index (χ1n) is 7.98. The zero-order valence-corrected chi connectivity index (χ0v) is 16.7. The molecule has 1 heterocycles. The predicted octanol–water partition coefficient (Wildman–Crippen LogP) is 4.23. The Labute approximate surface area is 167 Å². The van der Waals surface area contributed by atoms with E-state index in [0.717, 1.165) is 40.8 Å². The first-order valence-corrected chi connectivity index (χ1v) is 9.06. The highest BCUT2D eigenvalue weighted by Gasteiger charge is 2.27. The molecule has 0 aliphatic carbocycles. The lowest BCUT2D eigenvalue weighted by Crippen LogP contribution is -2.24. The van der Waals surface area contributed by atoms with Gasteiger partial charge in [0.05, 0.1) is 0 Å². The smallest absolute Gasteiger partial charge is 0.321 e. The average molecular weight is 491 g/mol. The predicted molar refractivity (Wildman–Crippen MR) is 103 cm³/mol. The van der Waals surface area contributed by atoms with Crippen LogP contribution in [0.4, 0.5) is 19.0 Å². The number of hydrogen-bond donors (Lipinski definition) is 2. The fraction of sp³-hybridized carbons (Fsp3) is 0.278. The van der Waals surface area contributed by atoms with Crippen molar-refractivity contribution in [1.29, 1.82) is 0 Å². The second-order valence-corrected chi connectivity index (χ2v) is 7.42. The maximum absolute atomic E-state index is 13.8. The number of halogens is 4. The van der Waals surface area contributed by atoms with Gasteiger partial charge in [-0.15, -0.1) is 0 Å². The highest BCUT2D eigenvalue weighted by molar-refractivity contribution is 14.1. The largest absolute Gasteiger partial charge is 0.348 e. The van der Waals surface area contributed by atoms with Crippen LogP contribution < -0.4 is 10.6 Å². The van der Waals surface area contributed by atoms with Crippen molar-refractivity contribution < 1.29 is 22.8 Å². The molecular formula is C18H17F3IN3O2. The Morgan fingerprint density at radius 3 is 2.56 bits per heavy atom. The van der Waals surface area contributed by atoms with Gasteiger partial charge in [-0.25, -0.2) is 9.37 Å². The third kappa shape index (κ3) is 5.91. The van der Waals surface area contributed by atoms with Gasteiger partial charge in [-0.05, 0) is 30.3 Å². The van der Waals surface area contributed by atoms with E-state index in [0.29, 0.717) is 0 Å². The van der Waals surface area contributed by atoms with Crippen LogP contribution in [0.3, 0.4) is 0 Å². The highest BCUT2D eigenvalue weighted by atomic mass is 127. The number of carbonyl (C=O) groups is 2. The minimum absolute atomic E-state index is 0.0559. The van der Waals surface area contributed by atoms with E-state index in [4.69, 9.17) is 0 Å². The number of anilines is 1. The van der Waals surface area contributed by atoms with Crippen molar-refractivity contribution >= 4 is 40.2 Å². The van der Waals surface area contributed by atoms with E-state index >= 15 is 0 Å². The van der Waals surface area contributed by atoms with Gasteiger partial charge in [0.2, 0.25) is 5.91 Å². The summed E-state index contributed by atoms with van der Waals surface area (Å²) in [6, 6.07) is 5.76. The molecule has 0 saturated carbocycles. The second-order valence-electron chi connectivity index (χ2n) is 6.06. The quantitative estimate of drug-likeness (QED) is 0.470. The summed E-state index contributed by atoms with van der Waals surface area (Å²) in [5.74, 6) is -1.55. The molecule has 5 nitrogen and oxygen atoms in total. The molecule has 0 unspecified atom stereocenters. The lowest BCUT2D eigenvalue weighted by molar-refractivity contribution is -0.118. The summed E-state index contributed by atoms with van der Waals surface area (Å²) in [6.07, 6.45) is 1.35. The number of amides is 2. The fourth-order valence-corrected chi connectivity index (χ4v) is 2.41. The lowest BCUT2D eigenvalue weighted by Gasteiger charge is -2.12. The molecule has 2 rings (SSSR count). The molecule has 27 heavy (non-hydrogen) atoms. The van der Waals surface area contributed by atoms with Gasteiger partial charge < -0.3 is 10.6 Å². The summed E-state index contributed by atoms with van der Waals surface area (Å²) >= 11 is 0.955. The van der Waals surface area contributed by atoms with Gasteiger partial charge in [0.1, 0.15) is 11.6 Å². The van der Waals surface area contributed by atoms with Gasteiger partial charge in [-0.2, -0.15) is 8.78 Å². The van der Waals surface area contributed by atoms with Gasteiger partial charge in [0.15, 0.2) is 0 Å². The highest BCUT2D eigenvalue weighted by Crippen LogP contribution is 2.35. The first-order chi connectivity index (χ1) is 12.6. The summed E-state index contributed by atoms with van der Waals surface area (Å²) in [5.41, 5.74) is -0.212. The van der Waals surface area contributed by atoms with Gasteiger partial charge >= 0.3 is 3.93 Å². The van der Waals surface area contributed by atoms with Crippen LogP contribution in [0.2, 0.25) is 0 Å². The number of hydrogen-bond acceptors (Lipinski definition) is 3. The van der Waals surface area contributed by atoms with Crippen molar-refractivity contribution in [3.8, 4) is 0 Å². The van der Waals surface area contributed by atoms with E-state index < -0.39 is 15.7 Å². The molecule has 0 aliphatic heterocycles. The molecule has 1 aromatic heterocycles. The molecule has 2 N–H and O–H groups in total. The van der Waals surface area contributed by atoms with E-state index in [1.807, 2.05) is 0 Å². The van der Waals surface area contributed by atoms with Crippen molar-refractivity contribution in [2.75, 3.05) is 5.32 Å². The number of rotatable bonds is 6. The number of alkyl halides is 3. The molecule has 144 valence electrons. The minimum Gasteiger partial charge on any atom is -0.348 e. The van der Waals surface area contributed by atoms with Gasteiger partial charge in [0, 0.05) is 57.9 Å². The molecule has 0 spiro atoms. The van der Waals surface area contributed by atoms with Crippen LogP contribution in [0.25, 0.3) is 0 Å². The summed E-state index contributed by atoms with van der Waals surface area (Å²) in [4.78, 5) is 27.9. The first kappa shape index (κ1) is 21.1. The summed E-state index contributed by atoms with van der Waals surface area (Å²) in [5, 5.41) is 5.04. The van der Waals surface area contributed by atoms with Gasteiger partial charge in [-0.3, -0.25) is 9.59 Å². The molecule has 1 aromatic carbocycles. The van der Waals surface area contributed by atoms with Crippen molar-refractivity contribution in [2.45, 2.75) is 24.3 Å². The van der Waals surface area contributed by atoms with Crippen LogP contribution in [0, 0.1) is 11.7 Å². The van der Waals surface area contributed by atoms with Crippen LogP contribution >= 0.6 is 22.6 Å². The summed E-state index contributed by atoms with van der Waals surface area (Å²) in [6.45, 7) is 3.17. The number of nitrogens with one attached hydrogen (secondary N) is 2. The number of carbonyl (C=O) groups excluding carboxylic acids is 2. The zero-order chi connectivity index (χ0) is 20.2. The minimum atomic E-state index is -3.14. The number of benzene rings is 1. The van der Waals surface area contributed by atoms with Gasteiger partial charge in [-0.1, -0.05) is 13.8 Å². The topological polar surface area (TPSA) is 71.1 Å². The van der Waals surface area contributed by atoms with E-state index in [1.54, 1.807) is 13.8 Å². The summed E-state index contributed by atoms with van der Waals surface area (Å²) in [7, 11) is 0. The maximum Gasteiger partial charge on any atom is 0.321 e. The van der Waals surface area contributed by atoms with Crippen LogP contribution in [0.15, 0.2) is 36.5 Å². The monoisotopic (exact) mass is 491 g/mol. The van der Waals surface area contributed by atoms with Crippen LogP contribution in [-0.2, 0) is 15.3 Å². The summed E-state index contributed by atoms with van der Waals surface area (Å²) < 4.78 is 37.4. The molecule has 2 amide bonds. The third-order valence-electron chi connectivity index (χ3n) is 3.61. The van der Waals surface area contributed by atoms with Crippen LogP contribution in [0.1, 0.15) is 35.3 Å². The van der Waals surface area contributed by atoms with Crippen LogP contribution in [0.5, 0.6) is 0 Å². The zero-order valence-electron chi connectivity index (χ0n) is 14.5. The van der Waals surface area contributed by atoms with E-state index in [9.17, 15) is 22.8 Å². The van der Waals surface area contributed by atoms with Crippen molar-refractivity contribution in [1.82, 2.24) is 10.3 Å². The number of pyridine rings is 1. The average Bonchev–Trinajstić information content (AvgIpc) is 2.59. The van der Waals surface area contributed by atoms with E-state index in [2.05, 4.69) is 15.6 Å². The standard InChI is InChI=1S/C18H17F3IN3O2/c1-10(2)16(26)25-15-8-11(5-6-23-15)17(27)24-9-12-7-13(18(20,21)22)3-4-14(12)19/h3-8,10H,9H2,1-2H3,(H,24,27)(H,23,25,26). The fourth-order valence-electron chi connectivity index (χ4n) is 2.07. The molecule has 0 atom stereocenters. The molecule has 2 aromatic rings. The van der Waals surface area contributed by atoms with Gasteiger partial charge in [0.25, 0.3) is 5.91 Å². The lowest BCUT2D eigenvalue weighted by atomic mass is 10.1. The van der Waals surface area contributed by atoms with Crippen LogP contribution in [-0.4, -0.2) is 16.8 Å². The Kier molecular flexibility index (Phi) is 6.79. The SMILES string of the molecule is CC(C)C(=O)Nc1cc(C(=O)NCc2cc(C(F)(F)I)ccc2F)ccn1. The molecule has 0 bridgehead atoms. The normalized spacial score (nSPS) is 11.4. The van der Waals surface area contributed by atoms with E-state index in [-0.39, 0.29) is 40.9 Å². The molecule has 0 radical (unpaired) electrons. The number of aromatic nitrogens is 1. The Morgan fingerprint density at radius 2 is 1.93 bits per heavy atom.